The van der Waals surface area contributed by atoms with E-state index in [1.807, 2.05) is 5.32 Å². The van der Waals surface area contributed by atoms with E-state index in [0.29, 0.717) is 6.07 Å². The molecule has 27 heavy (non-hydrogen) atoms. The maximum absolute atomic E-state index is 13.9. The minimum Gasteiger partial charge on any atom is -0.604 e. The molecule has 14 heteroatoms. The molecule has 0 heterocycles. The lowest BCUT2D eigenvalue weighted by Crippen LogP contribution is -2.35. The molecule has 0 saturated heterocycles. The van der Waals surface area contributed by atoms with Crippen molar-refractivity contribution < 1.29 is 40.1 Å². The Morgan fingerprint density at radius 1 is 1.26 bits per heavy atom. The van der Waals surface area contributed by atoms with Crippen LogP contribution in [0.5, 0.6) is 0 Å². The lowest BCUT2D eigenvalue weighted by molar-refractivity contribution is -0.137. The molecule has 0 spiro atoms. The normalized spacial score (nSPS) is 14.4. The number of nitrogens with one attached hydrogen (secondary N) is 2. The molecular formula is C13H9ClF7N3O2S. The number of carbonyl (C=O) groups excluding carboxylic acids is 1. The maximum atomic E-state index is 13.9. The van der Waals surface area contributed by atoms with E-state index in [9.17, 15) is 40.1 Å². The molecule has 5 nitrogen and oxygen atoms in total. The SMILES string of the molecule is C/C(Nc1c(F)cc(C(F)(F)F)cc1Cl)=C(/C(=N)C(N)=O)[S+]([O-])C(F)(F)F. The number of hydrogen-bond acceptors (Lipinski definition) is 4. The topological polar surface area (TPSA) is 102 Å². The number of alkyl halides is 6. The predicted molar refractivity (Wildman–Crippen MR) is 83.9 cm³/mol. The first-order chi connectivity index (χ1) is 12.1. The summed E-state index contributed by atoms with van der Waals surface area (Å²) in [4.78, 5) is 9.60. The largest absolute Gasteiger partial charge is 0.604 e. The zero-order valence-electron chi connectivity index (χ0n) is 13.0. The second kappa shape index (κ2) is 7.94. The monoisotopic (exact) mass is 439 g/mol. The Morgan fingerprint density at radius 2 is 1.78 bits per heavy atom. The first kappa shape index (κ1) is 23.0. The Balaban J connectivity index is 3.49. The summed E-state index contributed by atoms with van der Waals surface area (Å²) < 4.78 is 102. The van der Waals surface area contributed by atoms with Crippen LogP contribution in [0.2, 0.25) is 5.02 Å². The fourth-order valence-corrected chi connectivity index (χ4v) is 2.85. The molecule has 0 aliphatic carbocycles. The Kier molecular flexibility index (Phi) is 6.78. The summed E-state index contributed by atoms with van der Waals surface area (Å²) in [6, 6.07) is 0.335. The van der Waals surface area contributed by atoms with E-state index in [-0.39, 0.29) is 6.07 Å². The summed E-state index contributed by atoms with van der Waals surface area (Å²) in [6.45, 7) is 0.782. The van der Waals surface area contributed by atoms with Gasteiger partial charge in [0, 0.05) is 0 Å². The summed E-state index contributed by atoms with van der Waals surface area (Å²) in [5.74, 6) is -3.25. The Hall–Kier alpha value is -1.99. The molecule has 4 N–H and O–H groups in total. The zero-order chi connectivity index (χ0) is 21.3. The van der Waals surface area contributed by atoms with Gasteiger partial charge >= 0.3 is 11.7 Å². The van der Waals surface area contributed by atoms with Gasteiger partial charge in [0.15, 0.2) is 5.71 Å². The van der Waals surface area contributed by atoms with Crippen LogP contribution in [0.3, 0.4) is 0 Å². The van der Waals surface area contributed by atoms with Gasteiger partial charge in [-0.25, -0.2) is 4.39 Å². The van der Waals surface area contributed by atoms with Gasteiger partial charge < -0.3 is 15.6 Å². The number of benzene rings is 1. The van der Waals surface area contributed by atoms with E-state index in [4.69, 9.17) is 22.7 Å². The molecule has 1 unspecified atom stereocenters. The smallest absolute Gasteiger partial charge is 0.578 e. The van der Waals surface area contributed by atoms with Gasteiger partial charge in [0.05, 0.1) is 22.0 Å². The van der Waals surface area contributed by atoms with Crippen molar-refractivity contribution >= 4 is 40.1 Å². The number of anilines is 1. The Morgan fingerprint density at radius 3 is 2.15 bits per heavy atom. The number of primary amides is 1. The minimum absolute atomic E-state index is 0.0291. The van der Waals surface area contributed by atoms with Crippen molar-refractivity contribution in [3.8, 4) is 0 Å². The third-order valence-corrected chi connectivity index (χ3v) is 4.49. The highest BCUT2D eigenvalue weighted by molar-refractivity contribution is 7.97. The van der Waals surface area contributed by atoms with Gasteiger partial charge in [0.1, 0.15) is 17.0 Å². The molecule has 0 fully saturated rings. The quantitative estimate of drug-likeness (QED) is 0.368. The number of amides is 1. The van der Waals surface area contributed by atoms with E-state index in [0.717, 1.165) is 6.92 Å². The highest BCUT2D eigenvalue weighted by atomic mass is 35.5. The molecule has 1 rings (SSSR count). The van der Waals surface area contributed by atoms with Gasteiger partial charge in [0.25, 0.3) is 5.91 Å². The lowest BCUT2D eigenvalue weighted by Gasteiger charge is -2.19. The molecule has 0 radical (unpaired) electrons. The summed E-state index contributed by atoms with van der Waals surface area (Å²) in [5.41, 5.74) is -5.32. The third-order valence-electron chi connectivity index (χ3n) is 2.89. The first-order valence-corrected chi connectivity index (χ1v) is 8.01. The Labute approximate surface area is 155 Å². The van der Waals surface area contributed by atoms with Gasteiger partial charge in [-0.05, 0) is 19.1 Å². The lowest BCUT2D eigenvalue weighted by atomic mass is 10.1. The molecule has 0 saturated carbocycles. The van der Waals surface area contributed by atoms with Crippen LogP contribution in [0.25, 0.3) is 0 Å². The summed E-state index contributed by atoms with van der Waals surface area (Å²) >= 11 is 1.62. The second-order valence-corrected chi connectivity index (χ2v) is 6.66. The number of carbonyl (C=O) groups is 1. The van der Waals surface area contributed by atoms with Gasteiger partial charge in [-0.15, -0.1) is 13.2 Å². The van der Waals surface area contributed by atoms with E-state index in [1.54, 1.807) is 0 Å². The molecule has 0 aliphatic rings. The van der Waals surface area contributed by atoms with Crippen LogP contribution < -0.4 is 11.1 Å². The molecule has 1 aromatic rings. The van der Waals surface area contributed by atoms with Crippen molar-refractivity contribution in [2.24, 2.45) is 5.73 Å². The number of halogens is 8. The minimum atomic E-state index is -5.40. The van der Waals surface area contributed by atoms with Crippen LogP contribution >= 0.6 is 11.6 Å². The fraction of sp³-hybridized carbons (Fsp3) is 0.231. The number of nitrogens with two attached hydrogens (primary N) is 1. The summed E-state index contributed by atoms with van der Waals surface area (Å²) in [5, 5.41) is 8.34. The van der Waals surface area contributed by atoms with Crippen molar-refractivity contribution in [3.63, 3.8) is 0 Å². The van der Waals surface area contributed by atoms with Crippen molar-refractivity contribution in [2.75, 3.05) is 5.32 Å². The molecule has 0 bridgehead atoms. The highest BCUT2D eigenvalue weighted by Crippen LogP contribution is 2.37. The molecule has 1 amide bonds. The number of rotatable bonds is 5. The van der Waals surface area contributed by atoms with Crippen molar-refractivity contribution in [3.05, 3.63) is 39.1 Å². The second-order valence-electron chi connectivity index (χ2n) is 4.85. The van der Waals surface area contributed by atoms with Crippen LogP contribution in [0.15, 0.2) is 22.7 Å². The standard InChI is InChI=1S/C13H9ClF7N3O2S/c1-4(10(8(22)11(23)25)27(26)13(19,20)21)24-9-6(14)2-5(3-7(9)15)12(16,17)18/h2-3,22,24H,1H3,(H2,23,25)/b10-4+,22-8?. The maximum Gasteiger partial charge on any atom is 0.578 e. The predicted octanol–water partition coefficient (Wildman–Crippen LogP) is 3.91. The molecule has 0 aliphatic heterocycles. The zero-order valence-corrected chi connectivity index (χ0v) is 14.6. The van der Waals surface area contributed by atoms with Crippen LogP contribution in [0.1, 0.15) is 12.5 Å². The molecule has 0 aromatic heterocycles. The van der Waals surface area contributed by atoms with E-state index < -0.39 is 67.2 Å². The van der Waals surface area contributed by atoms with Crippen molar-refractivity contribution in [1.82, 2.24) is 0 Å². The average molecular weight is 440 g/mol. The molecular weight excluding hydrogens is 431 g/mol. The van der Waals surface area contributed by atoms with Gasteiger partial charge in [-0.1, -0.05) is 11.6 Å². The van der Waals surface area contributed by atoms with E-state index in [2.05, 4.69) is 0 Å². The molecule has 1 aromatic carbocycles. The van der Waals surface area contributed by atoms with E-state index in [1.165, 1.54) is 0 Å². The van der Waals surface area contributed by atoms with Gasteiger partial charge in [-0.3, -0.25) is 10.2 Å². The van der Waals surface area contributed by atoms with Crippen LogP contribution in [-0.4, -0.2) is 21.7 Å². The van der Waals surface area contributed by atoms with Crippen LogP contribution in [0.4, 0.5) is 36.4 Å². The molecule has 150 valence electrons. The first-order valence-electron chi connectivity index (χ1n) is 6.48. The van der Waals surface area contributed by atoms with Crippen LogP contribution in [0, 0.1) is 11.2 Å². The van der Waals surface area contributed by atoms with Crippen molar-refractivity contribution in [1.29, 1.82) is 5.41 Å². The van der Waals surface area contributed by atoms with Gasteiger partial charge in [-0.2, -0.15) is 13.2 Å². The highest BCUT2D eigenvalue weighted by Gasteiger charge is 2.50. The number of hydrogen-bond donors (Lipinski definition) is 3. The van der Waals surface area contributed by atoms with Crippen molar-refractivity contribution in [2.45, 2.75) is 18.6 Å². The molecule has 1 atom stereocenters. The fourth-order valence-electron chi connectivity index (χ4n) is 1.75. The summed E-state index contributed by atoms with van der Waals surface area (Å²) in [7, 11) is 0. The Bertz CT molecular complexity index is 785. The average Bonchev–Trinajstić information content (AvgIpc) is 2.48. The van der Waals surface area contributed by atoms with Gasteiger partial charge in [0.2, 0.25) is 4.91 Å². The van der Waals surface area contributed by atoms with Crippen LogP contribution in [-0.2, 0) is 22.1 Å². The summed E-state index contributed by atoms with van der Waals surface area (Å²) in [6.07, 6.45) is -4.94. The number of allylic oxidation sites excluding steroid dienone is 1. The third kappa shape index (κ3) is 5.49. The van der Waals surface area contributed by atoms with E-state index >= 15 is 0 Å².